The zero-order chi connectivity index (χ0) is 21.4. The fourth-order valence-electron chi connectivity index (χ4n) is 3.70. The average molecular weight is 415 g/mol. The van der Waals surface area contributed by atoms with Crippen LogP contribution in [0.1, 0.15) is 5.82 Å². The van der Waals surface area contributed by atoms with Crippen molar-refractivity contribution in [2.45, 2.75) is 6.42 Å². The summed E-state index contributed by atoms with van der Waals surface area (Å²) in [7, 11) is 0. The van der Waals surface area contributed by atoms with E-state index in [4.69, 9.17) is 5.73 Å². The summed E-state index contributed by atoms with van der Waals surface area (Å²) in [6, 6.07) is 19.1. The summed E-state index contributed by atoms with van der Waals surface area (Å²) in [4.78, 5) is 15.5. The van der Waals surface area contributed by atoms with Crippen molar-refractivity contribution in [1.82, 2.24) is 19.9 Å². The molecule has 0 spiro atoms. The third kappa shape index (κ3) is 3.49. The molecule has 0 saturated heterocycles. The Bertz CT molecular complexity index is 1350. The van der Waals surface area contributed by atoms with E-state index in [1.54, 1.807) is 0 Å². The molecule has 0 amide bonds. The number of halogens is 2. The maximum atomic E-state index is 14.4. The summed E-state index contributed by atoms with van der Waals surface area (Å²) in [6.45, 7) is 0.502. The van der Waals surface area contributed by atoms with E-state index in [1.165, 1.54) is 18.2 Å². The SMILES string of the molecule is NCCc1nc2ccc(-c3nc(-c4c(F)cccc4F)[nH]c3-c3ccccc3)cc2[nH]1. The number of nitrogens with two attached hydrogens (primary N) is 1. The van der Waals surface area contributed by atoms with E-state index >= 15 is 0 Å². The molecule has 0 fully saturated rings. The van der Waals surface area contributed by atoms with Crippen LogP contribution in [0.2, 0.25) is 0 Å². The Morgan fingerprint density at radius 3 is 2.32 bits per heavy atom. The summed E-state index contributed by atoms with van der Waals surface area (Å²) in [6.07, 6.45) is 0.651. The van der Waals surface area contributed by atoms with Crippen LogP contribution in [0.4, 0.5) is 8.78 Å². The Morgan fingerprint density at radius 1 is 0.806 bits per heavy atom. The lowest BCUT2D eigenvalue weighted by atomic mass is 10.0. The second-order valence-corrected chi connectivity index (χ2v) is 7.23. The first kappa shape index (κ1) is 19.1. The minimum absolute atomic E-state index is 0.137. The van der Waals surface area contributed by atoms with Gasteiger partial charge in [0.1, 0.15) is 23.3 Å². The van der Waals surface area contributed by atoms with E-state index < -0.39 is 11.6 Å². The molecular weight excluding hydrogens is 396 g/mol. The third-order valence-corrected chi connectivity index (χ3v) is 5.15. The number of fused-ring (bicyclic) bond motifs is 1. The number of nitrogens with zero attached hydrogens (tertiary/aromatic N) is 2. The van der Waals surface area contributed by atoms with Crippen LogP contribution in [-0.4, -0.2) is 26.5 Å². The minimum Gasteiger partial charge on any atom is -0.342 e. The summed E-state index contributed by atoms with van der Waals surface area (Å²) < 4.78 is 28.9. The number of aromatic nitrogens is 4. The number of imidazole rings is 2. The smallest absolute Gasteiger partial charge is 0.144 e. The molecule has 7 heteroatoms. The molecule has 2 aromatic heterocycles. The summed E-state index contributed by atoms with van der Waals surface area (Å²) in [5.74, 6) is -0.391. The van der Waals surface area contributed by atoms with Crippen LogP contribution >= 0.6 is 0 Å². The monoisotopic (exact) mass is 415 g/mol. The zero-order valence-corrected chi connectivity index (χ0v) is 16.5. The highest BCUT2D eigenvalue weighted by Gasteiger charge is 2.20. The zero-order valence-electron chi connectivity index (χ0n) is 16.5. The van der Waals surface area contributed by atoms with Gasteiger partial charge in [0.25, 0.3) is 0 Å². The van der Waals surface area contributed by atoms with Crippen molar-refractivity contribution in [3.8, 4) is 33.9 Å². The minimum atomic E-state index is -0.671. The van der Waals surface area contributed by atoms with Crippen molar-refractivity contribution in [3.63, 3.8) is 0 Å². The molecule has 154 valence electrons. The molecule has 4 N–H and O–H groups in total. The average Bonchev–Trinajstić information content (AvgIpc) is 3.38. The predicted molar refractivity (Wildman–Crippen MR) is 117 cm³/mol. The first-order valence-electron chi connectivity index (χ1n) is 9.93. The largest absolute Gasteiger partial charge is 0.342 e. The molecule has 0 aliphatic rings. The van der Waals surface area contributed by atoms with E-state index in [9.17, 15) is 8.78 Å². The summed E-state index contributed by atoms with van der Waals surface area (Å²) in [5.41, 5.74) is 10.1. The van der Waals surface area contributed by atoms with E-state index in [1.807, 2.05) is 48.5 Å². The van der Waals surface area contributed by atoms with Crippen molar-refractivity contribution < 1.29 is 8.78 Å². The number of H-pyrrole nitrogens is 2. The van der Waals surface area contributed by atoms with Gasteiger partial charge < -0.3 is 15.7 Å². The molecule has 2 heterocycles. The maximum Gasteiger partial charge on any atom is 0.144 e. The molecule has 5 rings (SSSR count). The fraction of sp³-hybridized carbons (Fsp3) is 0.0833. The van der Waals surface area contributed by atoms with Gasteiger partial charge in [0.15, 0.2) is 0 Å². The van der Waals surface area contributed by atoms with Gasteiger partial charge in [-0.15, -0.1) is 0 Å². The molecule has 0 aliphatic carbocycles. The number of rotatable bonds is 5. The normalized spacial score (nSPS) is 11.3. The van der Waals surface area contributed by atoms with Gasteiger partial charge in [0, 0.05) is 17.5 Å². The third-order valence-electron chi connectivity index (χ3n) is 5.15. The van der Waals surface area contributed by atoms with Crippen LogP contribution in [-0.2, 0) is 6.42 Å². The standard InChI is InChI=1S/C24H19F2N5/c25-16-7-4-8-17(26)21(16)24-30-22(14-5-2-1-3-6-14)23(31-24)15-9-10-18-19(13-15)29-20(28-18)11-12-27/h1-10,13H,11-12,27H2,(H,28,29)(H,30,31). The van der Waals surface area contributed by atoms with Crippen LogP contribution in [0, 0.1) is 11.6 Å². The van der Waals surface area contributed by atoms with Crippen molar-refractivity contribution in [3.05, 3.63) is 84.2 Å². The molecule has 3 aromatic carbocycles. The second kappa shape index (κ2) is 7.77. The molecule has 5 nitrogen and oxygen atoms in total. The van der Waals surface area contributed by atoms with Gasteiger partial charge >= 0.3 is 0 Å². The van der Waals surface area contributed by atoms with Gasteiger partial charge in [-0.1, -0.05) is 42.5 Å². The Hall–Kier alpha value is -3.84. The summed E-state index contributed by atoms with van der Waals surface area (Å²) >= 11 is 0. The van der Waals surface area contributed by atoms with Gasteiger partial charge in [-0.25, -0.2) is 18.7 Å². The van der Waals surface area contributed by atoms with Crippen LogP contribution in [0.3, 0.4) is 0 Å². The van der Waals surface area contributed by atoms with Crippen molar-refractivity contribution >= 4 is 11.0 Å². The first-order valence-corrected chi connectivity index (χ1v) is 9.93. The van der Waals surface area contributed by atoms with Crippen LogP contribution in [0.5, 0.6) is 0 Å². The Labute approximate surface area is 177 Å². The molecule has 0 aliphatic heterocycles. The van der Waals surface area contributed by atoms with Crippen LogP contribution in [0.15, 0.2) is 66.7 Å². The number of hydrogen-bond donors (Lipinski definition) is 3. The van der Waals surface area contributed by atoms with Crippen molar-refractivity contribution in [1.29, 1.82) is 0 Å². The van der Waals surface area contributed by atoms with Gasteiger partial charge in [-0.2, -0.15) is 0 Å². The van der Waals surface area contributed by atoms with Gasteiger partial charge in [-0.3, -0.25) is 0 Å². The lowest BCUT2D eigenvalue weighted by molar-refractivity contribution is 0.588. The molecule has 0 bridgehead atoms. The quantitative estimate of drug-likeness (QED) is 0.375. The van der Waals surface area contributed by atoms with E-state index in [0.717, 1.165) is 28.0 Å². The maximum absolute atomic E-state index is 14.4. The number of aromatic amines is 2. The molecule has 0 radical (unpaired) electrons. The van der Waals surface area contributed by atoms with Crippen molar-refractivity contribution in [2.24, 2.45) is 5.73 Å². The number of hydrogen-bond acceptors (Lipinski definition) is 3. The Morgan fingerprint density at radius 2 is 1.58 bits per heavy atom. The Kier molecular flexibility index (Phi) is 4.80. The van der Waals surface area contributed by atoms with Gasteiger partial charge in [-0.05, 0) is 30.8 Å². The second-order valence-electron chi connectivity index (χ2n) is 7.23. The molecule has 31 heavy (non-hydrogen) atoms. The van der Waals surface area contributed by atoms with E-state index in [2.05, 4.69) is 19.9 Å². The Balaban J connectivity index is 1.70. The molecule has 0 saturated carbocycles. The molecule has 0 atom stereocenters. The lowest BCUT2D eigenvalue weighted by Gasteiger charge is -2.03. The topological polar surface area (TPSA) is 83.4 Å². The van der Waals surface area contributed by atoms with Gasteiger partial charge in [0.05, 0.1) is 28.0 Å². The predicted octanol–water partition coefficient (Wildman–Crippen LogP) is 5.07. The molecule has 5 aromatic rings. The van der Waals surface area contributed by atoms with E-state index in [-0.39, 0.29) is 11.4 Å². The number of benzene rings is 3. The van der Waals surface area contributed by atoms with E-state index in [0.29, 0.717) is 24.4 Å². The fourth-order valence-corrected chi connectivity index (χ4v) is 3.70. The highest BCUT2D eigenvalue weighted by molar-refractivity contribution is 5.87. The first-order chi connectivity index (χ1) is 15.1. The highest BCUT2D eigenvalue weighted by Crippen LogP contribution is 2.35. The van der Waals surface area contributed by atoms with Gasteiger partial charge in [0.2, 0.25) is 0 Å². The number of nitrogens with one attached hydrogen (secondary N) is 2. The van der Waals surface area contributed by atoms with Crippen LogP contribution < -0.4 is 5.73 Å². The summed E-state index contributed by atoms with van der Waals surface area (Å²) in [5, 5.41) is 0. The molecular formula is C24H19F2N5. The molecule has 0 unspecified atom stereocenters. The lowest BCUT2D eigenvalue weighted by Crippen LogP contribution is -2.03. The van der Waals surface area contributed by atoms with Crippen molar-refractivity contribution in [2.75, 3.05) is 6.54 Å². The van der Waals surface area contributed by atoms with Crippen LogP contribution in [0.25, 0.3) is 44.9 Å². The highest BCUT2D eigenvalue weighted by atomic mass is 19.1.